The zero-order valence-corrected chi connectivity index (χ0v) is 18.4. The van der Waals surface area contributed by atoms with E-state index >= 15 is 0 Å². The summed E-state index contributed by atoms with van der Waals surface area (Å²) in [6, 6.07) is 6.43. The molecule has 0 bridgehead atoms. The molecule has 0 saturated carbocycles. The number of aryl methyl sites for hydroxylation is 2. The van der Waals surface area contributed by atoms with Crippen molar-refractivity contribution in [1.82, 2.24) is 15.2 Å². The molecule has 3 aromatic rings. The number of hydrogen-bond donors (Lipinski definition) is 1. The predicted molar refractivity (Wildman–Crippen MR) is 111 cm³/mol. The fraction of sp³-hybridized carbons (Fsp3) is 0.333. The van der Waals surface area contributed by atoms with Crippen LogP contribution >= 0.6 is 22.7 Å². The molecule has 0 saturated heterocycles. The van der Waals surface area contributed by atoms with Crippen molar-refractivity contribution < 1.29 is 17.9 Å². The molecule has 2 heterocycles. The van der Waals surface area contributed by atoms with Crippen LogP contribution in [0.25, 0.3) is 10.4 Å². The van der Waals surface area contributed by atoms with E-state index in [0.29, 0.717) is 19.4 Å². The number of carbonyl (C=O) groups is 1. The van der Waals surface area contributed by atoms with Crippen LogP contribution in [0.2, 0.25) is 0 Å². The molecule has 2 N–H and O–H groups in total. The van der Waals surface area contributed by atoms with Crippen molar-refractivity contribution in [2.24, 2.45) is 5.14 Å². The van der Waals surface area contributed by atoms with Gasteiger partial charge in [-0.2, -0.15) is 0 Å². The highest BCUT2D eigenvalue weighted by atomic mass is 32.2. The Kier molecular flexibility index (Phi) is 6.73. The minimum absolute atomic E-state index is 0.0767. The standard InChI is InChI=1S/C18H20N4O4S3/c1-3-26-17(23)9-8-14-21-22-16(27-14)10-15-20-11(2)18(28-15)12-4-6-13(7-5-12)29(19,24)25/h4-7H,3,8-10H2,1-2H3,(H2,19,24,25). The Morgan fingerprint density at radius 1 is 1.10 bits per heavy atom. The molecule has 11 heteroatoms. The molecule has 0 aliphatic carbocycles. The number of hydrogen-bond acceptors (Lipinski definition) is 9. The average Bonchev–Trinajstić information content (AvgIpc) is 3.26. The number of nitrogens with zero attached hydrogens (tertiary/aromatic N) is 3. The summed E-state index contributed by atoms with van der Waals surface area (Å²) in [6.45, 7) is 4.06. The smallest absolute Gasteiger partial charge is 0.306 e. The Bertz CT molecular complexity index is 1100. The molecule has 1 aromatic carbocycles. The van der Waals surface area contributed by atoms with Gasteiger partial charge in [-0.15, -0.1) is 32.9 Å². The lowest BCUT2D eigenvalue weighted by molar-refractivity contribution is -0.143. The first kappa shape index (κ1) is 21.5. The second kappa shape index (κ2) is 9.08. The summed E-state index contributed by atoms with van der Waals surface area (Å²) in [5, 5.41) is 16.0. The van der Waals surface area contributed by atoms with Gasteiger partial charge in [-0.25, -0.2) is 18.5 Å². The van der Waals surface area contributed by atoms with E-state index in [2.05, 4.69) is 15.2 Å². The van der Waals surface area contributed by atoms with Gasteiger partial charge in [0, 0.05) is 6.42 Å². The Morgan fingerprint density at radius 3 is 2.45 bits per heavy atom. The highest BCUT2D eigenvalue weighted by Crippen LogP contribution is 2.32. The third-order valence-corrected chi connectivity index (χ3v) is 7.06. The maximum atomic E-state index is 11.5. The van der Waals surface area contributed by atoms with Crippen molar-refractivity contribution in [3.05, 3.63) is 45.0 Å². The lowest BCUT2D eigenvalue weighted by Gasteiger charge is -2.01. The van der Waals surface area contributed by atoms with Crippen molar-refractivity contribution in [3.8, 4) is 10.4 Å². The molecular formula is C18H20N4O4S3. The molecule has 0 aliphatic rings. The number of ether oxygens (including phenoxy) is 1. The number of esters is 1. The van der Waals surface area contributed by atoms with Gasteiger partial charge in [0.2, 0.25) is 10.0 Å². The number of thiazole rings is 1. The van der Waals surface area contributed by atoms with Crippen LogP contribution in [0.3, 0.4) is 0 Å². The van der Waals surface area contributed by atoms with Gasteiger partial charge < -0.3 is 4.74 Å². The molecule has 2 aromatic heterocycles. The Labute approximate surface area is 176 Å². The van der Waals surface area contributed by atoms with Crippen LogP contribution in [0.5, 0.6) is 0 Å². The van der Waals surface area contributed by atoms with Crippen molar-refractivity contribution >= 4 is 38.7 Å². The van der Waals surface area contributed by atoms with Gasteiger partial charge in [-0.05, 0) is 31.5 Å². The van der Waals surface area contributed by atoms with Crippen molar-refractivity contribution in [3.63, 3.8) is 0 Å². The topological polar surface area (TPSA) is 125 Å². The molecule has 29 heavy (non-hydrogen) atoms. The fourth-order valence-electron chi connectivity index (χ4n) is 2.62. The first-order valence-electron chi connectivity index (χ1n) is 8.82. The Balaban J connectivity index is 1.69. The summed E-state index contributed by atoms with van der Waals surface area (Å²) >= 11 is 2.99. The van der Waals surface area contributed by atoms with Gasteiger partial charge in [0.25, 0.3) is 0 Å². The van der Waals surface area contributed by atoms with Crippen LogP contribution in [0, 0.1) is 6.92 Å². The van der Waals surface area contributed by atoms with E-state index in [1.165, 1.54) is 34.8 Å². The van der Waals surface area contributed by atoms with E-state index in [0.717, 1.165) is 31.2 Å². The monoisotopic (exact) mass is 452 g/mol. The van der Waals surface area contributed by atoms with Crippen molar-refractivity contribution in [1.29, 1.82) is 0 Å². The quantitative estimate of drug-likeness (QED) is 0.521. The van der Waals surface area contributed by atoms with Gasteiger partial charge >= 0.3 is 5.97 Å². The summed E-state index contributed by atoms with van der Waals surface area (Å²) in [6.07, 6.45) is 1.35. The number of sulfonamides is 1. The van der Waals surface area contributed by atoms with Crippen LogP contribution in [0.1, 0.15) is 34.1 Å². The maximum absolute atomic E-state index is 11.5. The molecule has 0 spiro atoms. The Morgan fingerprint density at radius 2 is 1.79 bits per heavy atom. The fourth-order valence-corrected chi connectivity index (χ4v) is 5.15. The minimum Gasteiger partial charge on any atom is -0.466 e. The first-order valence-corrected chi connectivity index (χ1v) is 12.0. The molecule has 0 atom stereocenters. The number of primary sulfonamides is 1. The Hall–Kier alpha value is -2.21. The van der Waals surface area contributed by atoms with E-state index in [1.54, 1.807) is 19.1 Å². The highest BCUT2D eigenvalue weighted by molar-refractivity contribution is 7.89. The van der Waals surface area contributed by atoms with Crippen LogP contribution < -0.4 is 5.14 Å². The molecule has 0 unspecified atom stereocenters. The number of rotatable bonds is 8. The second-order valence-corrected chi connectivity index (χ2v) is 9.95. The normalized spacial score (nSPS) is 11.6. The molecule has 0 amide bonds. The summed E-state index contributed by atoms with van der Waals surface area (Å²) in [5.41, 5.74) is 1.74. The third kappa shape index (κ3) is 5.66. The first-order chi connectivity index (χ1) is 13.8. The van der Waals surface area contributed by atoms with E-state index < -0.39 is 10.0 Å². The molecule has 0 aliphatic heterocycles. The maximum Gasteiger partial charge on any atom is 0.306 e. The number of carbonyl (C=O) groups excluding carboxylic acids is 1. The van der Waals surface area contributed by atoms with E-state index in [4.69, 9.17) is 9.88 Å². The molecule has 8 nitrogen and oxygen atoms in total. The molecule has 0 fully saturated rings. The molecular weight excluding hydrogens is 432 g/mol. The van der Waals surface area contributed by atoms with Crippen LogP contribution in [0.15, 0.2) is 29.2 Å². The van der Waals surface area contributed by atoms with E-state index in [-0.39, 0.29) is 17.3 Å². The van der Waals surface area contributed by atoms with Gasteiger partial charge in [-0.1, -0.05) is 12.1 Å². The van der Waals surface area contributed by atoms with Gasteiger partial charge in [-0.3, -0.25) is 4.79 Å². The number of aromatic nitrogens is 3. The van der Waals surface area contributed by atoms with Gasteiger partial charge in [0.05, 0.1) is 34.9 Å². The molecule has 0 radical (unpaired) electrons. The largest absolute Gasteiger partial charge is 0.466 e. The third-order valence-electron chi connectivity index (χ3n) is 3.95. The SMILES string of the molecule is CCOC(=O)CCc1nnc(Cc2nc(C)c(-c3ccc(S(N)(=O)=O)cc3)s2)s1. The van der Waals surface area contributed by atoms with E-state index in [1.807, 2.05) is 6.92 Å². The number of benzene rings is 1. The molecule has 3 rings (SSSR count). The summed E-state index contributed by atoms with van der Waals surface area (Å²) in [4.78, 5) is 17.1. The lowest BCUT2D eigenvalue weighted by atomic mass is 10.2. The van der Waals surface area contributed by atoms with Gasteiger partial charge in [0.1, 0.15) is 15.0 Å². The van der Waals surface area contributed by atoms with E-state index in [9.17, 15) is 13.2 Å². The lowest BCUT2D eigenvalue weighted by Crippen LogP contribution is -2.11. The number of nitrogens with two attached hydrogens (primary N) is 1. The van der Waals surface area contributed by atoms with Crippen LogP contribution in [0.4, 0.5) is 0 Å². The second-order valence-electron chi connectivity index (χ2n) is 6.16. The van der Waals surface area contributed by atoms with Gasteiger partial charge in [0.15, 0.2) is 0 Å². The summed E-state index contributed by atoms with van der Waals surface area (Å²) in [7, 11) is -3.71. The zero-order chi connectivity index (χ0) is 21.0. The highest BCUT2D eigenvalue weighted by Gasteiger charge is 2.15. The van der Waals surface area contributed by atoms with Crippen LogP contribution in [-0.4, -0.2) is 36.2 Å². The molecule has 154 valence electrons. The zero-order valence-electron chi connectivity index (χ0n) is 15.9. The van der Waals surface area contributed by atoms with Crippen molar-refractivity contribution in [2.75, 3.05) is 6.61 Å². The minimum atomic E-state index is -3.71. The average molecular weight is 453 g/mol. The summed E-state index contributed by atoms with van der Waals surface area (Å²) < 4.78 is 27.7. The summed E-state index contributed by atoms with van der Waals surface area (Å²) in [5.74, 6) is -0.238. The van der Waals surface area contributed by atoms with Crippen molar-refractivity contribution in [2.45, 2.75) is 38.0 Å². The van der Waals surface area contributed by atoms with Crippen LogP contribution in [-0.2, 0) is 32.4 Å². The predicted octanol–water partition coefficient (Wildman–Crippen LogP) is 2.70.